The molecule has 6 rings (SSSR count). The van der Waals surface area contributed by atoms with Crippen molar-refractivity contribution in [1.82, 2.24) is 9.80 Å². The van der Waals surface area contributed by atoms with E-state index in [1.165, 1.54) is 0 Å². The van der Waals surface area contributed by atoms with Crippen LogP contribution in [-0.4, -0.2) is 78.7 Å². The lowest BCUT2D eigenvalue weighted by atomic mass is 9.77. The largest absolute Gasteiger partial charge is 0.459 e. The minimum atomic E-state index is -0.653. The second-order valence-corrected chi connectivity index (χ2v) is 12.1. The summed E-state index contributed by atoms with van der Waals surface area (Å²) in [6.07, 6.45) is 4.97. The van der Waals surface area contributed by atoms with E-state index >= 15 is 0 Å². The molecule has 5 aliphatic rings. The maximum absolute atomic E-state index is 14.1. The van der Waals surface area contributed by atoms with E-state index in [1.807, 2.05) is 54.0 Å². The molecule has 2 aliphatic heterocycles. The van der Waals surface area contributed by atoms with Gasteiger partial charge in [0, 0.05) is 25.0 Å². The van der Waals surface area contributed by atoms with Crippen molar-refractivity contribution in [2.75, 3.05) is 32.8 Å². The Balaban J connectivity index is 1.26. The number of carbonyl (C=O) groups excluding carboxylic acids is 3. The Hall–Kier alpha value is -2.45. The SMILES string of the molecule is CC(C)N1C(=O)C2C3CC(C(OC(=O)CN4CCOCC4)C31)C2C(=O)OC1(c2ccccc2)CCCCC1. The second-order valence-electron chi connectivity index (χ2n) is 12.1. The predicted octanol–water partition coefficient (Wildman–Crippen LogP) is 3.13. The van der Waals surface area contributed by atoms with E-state index in [4.69, 9.17) is 14.2 Å². The van der Waals surface area contributed by atoms with Crippen LogP contribution in [0.2, 0.25) is 0 Å². The minimum absolute atomic E-state index is 0.0172. The van der Waals surface area contributed by atoms with E-state index < -0.39 is 17.6 Å². The van der Waals surface area contributed by atoms with Gasteiger partial charge in [-0.25, -0.2) is 0 Å². The fourth-order valence-electron chi connectivity index (χ4n) is 8.13. The summed E-state index contributed by atoms with van der Waals surface area (Å²) >= 11 is 0. The summed E-state index contributed by atoms with van der Waals surface area (Å²) in [5, 5.41) is 0. The van der Waals surface area contributed by atoms with Gasteiger partial charge in [0.15, 0.2) is 0 Å². The first-order chi connectivity index (χ1) is 18.4. The molecule has 2 saturated heterocycles. The zero-order valence-corrected chi connectivity index (χ0v) is 22.6. The lowest BCUT2D eigenvalue weighted by Crippen LogP contribution is -2.50. The normalized spacial score (nSPS) is 34.1. The van der Waals surface area contributed by atoms with Crippen LogP contribution in [0.25, 0.3) is 0 Å². The number of fused-ring (bicyclic) bond motifs is 1. The van der Waals surface area contributed by atoms with Crippen LogP contribution in [0.1, 0.15) is 57.9 Å². The van der Waals surface area contributed by atoms with Crippen LogP contribution in [0.5, 0.6) is 0 Å². The van der Waals surface area contributed by atoms with Crippen molar-refractivity contribution < 1.29 is 28.6 Å². The van der Waals surface area contributed by atoms with Gasteiger partial charge in [-0.2, -0.15) is 0 Å². The molecule has 6 atom stereocenters. The van der Waals surface area contributed by atoms with Crippen LogP contribution >= 0.6 is 0 Å². The first kappa shape index (κ1) is 25.8. The third-order valence-electron chi connectivity index (χ3n) is 9.72. The first-order valence-electron chi connectivity index (χ1n) is 14.5. The van der Waals surface area contributed by atoms with Gasteiger partial charge in [0.2, 0.25) is 5.91 Å². The fourth-order valence-corrected chi connectivity index (χ4v) is 8.13. The van der Waals surface area contributed by atoms with Gasteiger partial charge in [-0.05, 0) is 57.4 Å². The van der Waals surface area contributed by atoms with Crippen molar-refractivity contribution in [2.24, 2.45) is 23.7 Å². The summed E-state index contributed by atoms with van der Waals surface area (Å²) in [4.78, 5) is 44.8. The van der Waals surface area contributed by atoms with E-state index in [-0.39, 0.29) is 54.2 Å². The number of amides is 1. The smallest absolute Gasteiger partial charge is 0.320 e. The lowest BCUT2D eigenvalue weighted by molar-refractivity contribution is -0.179. The molecule has 3 saturated carbocycles. The monoisotopic (exact) mass is 524 g/mol. The summed E-state index contributed by atoms with van der Waals surface area (Å²) in [5.74, 6) is -1.69. The molecule has 8 nitrogen and oxygen atoms in total. The van der Waals surface area contributed by atoms with Crippen molar-refractivity contribution >= 4 is 17.8 Å². The molecule has 3 aliphatic carbocycles. The van der Waals surface area contributed by atoms with Gasteiger partial charge in [0.25, 0.3) is 0 Å². The molecule has 1 aromatic carbocycles. The summed E-state index contributed by atoms with van der Waals surface area (Å²) < 4.78 is 18.1. The highest BCUT2D eigenvalue weighted by molar-refractivity contribution is 5.90. The highest BCUT2D eigenvalue weighted by atomic mass is 16.6. The molecule has 8 heteroatoms. The number of benzene rings is 1. The number of morpholine rings is 1. The van der Waals surface area contributed by atoms with Crippen molar-refractivity contribution in [3.8, 4) is 0 Å². The van der Waals surface area contributed by atoms with Crippen LogP contribution in [0.4, 0.5) is 0 Å². The van der Waals surface area contributed by atoms with Gasteiger partial charge >= 0.3 is 11.9 Å². The van der Waals surface area contributed by atoms with Gasteiger partial charge < -0.3 is 19.1 Å². The summed E-state index contributed by atoms with van der Waals surface area (Å²) in [7, 11) is 0. The van der Waals surface area contributed by atoms with E-state index in [1.54, 1.807) is 0 Å². The van der Waals surface area contributed by atoms with E-state index in [2.05, 4.69) is 0 Å². The van der Waals surface area contributed by atoms with E-state index in [0.29, 0.717) is 26.3 Å². The zero-order chi connectivity index (χ0) is 26.4. The number of carbonyl (C=O) groups is 3. The van der Waals surface area contributed by atoms with Gasteiger partial charge in [-0.15, -0.1) is 0 Å². The molecule has 1 amide bonds. The lowest BCUT2D eigenvalue weighted by Gasteiger charge is -2.40. The summed E-state index contributed by atoms with van der Waals surface area (Å²) in [6.45, 7) is 6.83. The molecule has 2 bridgehead atoms. The molecular formula is C30H40N2O6. The molecule has 38 heavy (non-hydrogen) atoms. The Morgan fingerprint density at radius 1 is 1.05 bits per heavy atom. The van der Waals surface area contributed by atoms with Gasteiger partial charge in [-0.1, -0.05) is 36.8 Å². The fraction of sp³-hybridized carbons (Fsp3) is 0.700. The Labute approximate surface area is 225 Å². The van der Waals surface area contributed by atoms with E-state index in [0.717, 1.165) is 44.1 Å². The van der Waals surface area contributed by atoms with Gasteiger partial charge in [-0.3, -0.25) is 19.3 Å². The molecule has 1 aromatic rings. The number of ether oxygens (including phenoxy) is 3. The van der Waals surface area contributed by atoms with Crippen molar-refractivity contribution in [3.63, 3.8) is 0 Å². The number of rotatable bonds is 7. The first-order valence-corrected chi connectivity index (χ1v) is 14.5. The van der Waals surface area contributed by atoms with Crippen molar-refractivity contribution in [3.05, 3.63) is 35.9 Å². The van der Waals surface area contributed by atoms with Gasteiger partial charge in [0.1, 0.15) is 11.7 Å². The molecular weight excluding hydrogens is 484 g/mol. The number of nitrogens with zero attached hydrogens (tertiary/aromatic N) is 2. The molecule has 0 aromatic heterocycles. The van der Waals surface area contributed by atoms with Crippen molar-refractivity contribution in [2.45, 2.75) is 76.2 Å². The zero-order valence-electron chi connectivity index (χ0n) is 22.6. The highest BCUT2D eigenvalue weighted by Gasteiger charge is 2.71. The van der Waals surface area contributed by atoms with Crippen molar-refractivity contribution in [1.29, 1.82) is 0 Å². The molecule has 0 radical (unpaired) electrons. The predicted molar refractivity (Wildman–Crippen MR) is 139 cm³/mol. The molecule has 5 fully saturated rings. The average molecular weight is 525 g/mol. The van der Waals surface area contributed by atoms with Gasteiger partial charge in [0.05, 0.1) is 37.6 Å². The van der Waals surface area contributed by atoms with Crippen LogP contribution in [-0.2, 0) is 34.2 Å². The molecule has 206 valence electrons. The Kier molecular flexibility index (Phi) is 6.97. The minimum Gasteiger partial charge on any atom is -0.459 e. The molecule has 0 spiro atoms. The molecule has 6 unspecified atom stereocenters. The number of hydrogen-bond donors (Lipinski definition) is 0. The van der Waals surface area contributed by atoms with E-state index in [9.17, 15) is 14.4 Å². The third kappa shape index (κ3) is 4.34. The van der Waals surface area contributed by atoms with Crippen LogP contribution < -0.4 is 0 Å². The number of hydrogen-bond acceptors (Lipinski definition) is 7. The summed E-state index contributed by atoms with van der Waals surface area (Å²) in [6, 6.07) is 9.88. The molecule has 2 heterocycles. The summed E-state index contributed by atoms with van der Waals surface area (Å²) in [5.41, 5.74) is 0.379. The average Bonchev–Trinajstić information content (AvgIpc) is 3.53. The topological polar surface area (TPSA) is 85.4 Å². The Morgan fingerprint density at radius 2 is 1.76 bits per heavy atom. The maximum atomic E-state index is 14.1. The quantitative estimate of drug-likeness (QED) is 0.507. The van der Waals surface area contributed by atoms with Crippen LogP contribution in [0, 0.1) is 23.7 Å². The highest BCUT2D eigenvalue weighted by Crippen LogP contribution is 2.60. The number of esters is 2. The second kappa shape index (κ2) is 10.3. The Bertz CT molecular complexity index is 1050. The third-order valence-corrected chi connectivity index (χ3v) is 9.72. The maximum Gasteiger partial charge on any atom is 0.320 e. The molecule has 0 N–H and O–H groups in total. The Morgan fingerprint density at radius 3 is 2.45 bits per heavy atom. The number of likely N-dealkylation sites (tertiary alicyclic amines) is 1. The standard InChI is InChI=1S/C30H40N2O6/c1-19(2)32-26-21-17-22(27(26)37-23(33)18-31-13-15-36-16-14-31)25(24(21)28(32)34)29(35)38-30(11-7-4-8-12-30)20-9-5-3-6-10-20/h3,5-6,9-10,19,21-22,24-27H,4,7-8,11-18H2,1-2H3. The van der Waals surface area contributed by atoms with Crippen LogP contribution in [0.15, 0.2) is 30.3 Å². The van der Waals surface area contributed by atoms with Crippen LogP contribution in [0.3, 0.4) is 0 Å².